The third-order valence-electron chi connectivity index (χ3n) is 2.76. The molecule has 1 aliphatic rings. The number of hydrogen-bond acceptors (Lipinski definition) is 5. The molecule has 1 aliphatic heterocycles. The first kappa shape index (κ1) is 11.6. The maximum atomic E-state index is 5.32. The Hall–Kier alpha value is -1.47. The van der Waals surface area contributed by atoms with Crippen molar-refractivity contribution in [3.63, 3.8) is 0 Å². The Balaban J connectivity index is 1.91. The van der Waals surface area contributed by atoms with Crippen LogP contribution < -0.4 is 4.90 Å². The molecule has 0 N–H and O–H groups in total. The van der Waals surface area contributed by atoms with Crippen LogP contribution in [0.2, 0.25) is 0 Å². The number of anilines is 1. The largest absolute Gasteiger partial charge is 0.378 e. The van der Waals surface area contributed by atoms with Crippen LogP contribution in [0, 0.1) is 0 Å². The summed E-state index contributed by atoms with van der Waals surface area (Å²) in [5.41, 5.74) is 0. The van der Waals surface area contributed by atoms with E-state index < -0.39 is 0 Å². The first-order valence-corrected chi connectivity index (χ1v) is 6.48. The minimum atomic E-state index is 0.725. The molecule has 3 rings (SSSR count). The molecule has 94 valence electrons. The smallest absolute Gasteiger partial charge is 0.227 e. The van der Waals surface area contributed by atoms with Crippen LogP contribution in [-0.4, -0.2) is 45.8 Å². The van der Waals surface area contributed by atoms with Crippen molar-refractivity contribution < 1.29 is 4.74 Å². The minimum Gasteiger partial charge on any atom is -0.378 e. The van der Waals surface area contributed by atoms with E-state index in [0.717, 1.165) is 42.7 Å². The molecule has 3 heterocycles. The van der Waals surface area contributed by atoms with Gasteiger partial charge in [-0.3, -0.25) is 4.57 Å². The fourth-order valence-electron chi connectivity index (χ4n) is 1.84. The van der Waals surface area contributed by atoms with E-state index in [1.165, 1.54) is 0 Å². The van der Waals surface area contributed by atoms with E-state index in [2.05, 4.69) is 35.8 Å². The van der Waals surface area contributed by atoms with E-state index in [1.54, 1.807) is 18.7 Å². The zero-order valence-corrected chi connectivity index (χ0v) is 11.2. The Morgan fingerprint density at radius 3 is 2.83 bits per heavy atom. The SMILES string of the molecule is Brc1cncn1-c1ccnc(N2CCOCC2)n1. The van der Waals surface area contributed by atoms with Crippen molar-refractivity contribution in [1.82, 2.24) is 19.5 Å². The van der Waals surface area contributed by atoms with Crippen molar-refractivity contribution in [2.24, 2.45) is 0 Å². The molecular formula is C11H12BrN5O. The average molecular weight is 310 g/mol. The summed E-state index contributed by atoms with van der Waals surface area (Å²) in [5.74, 6) is 1.53. The van der Waals surface area contributed by atoms with E-state index in [1.807, 2.05) is 10.6 Å². The lowest BCUT2D eigenvalue weighted by molar-refractivity contribution is 0.122. The first-order valence-electron chi connectivity index (χ1n) is 5.68. The lowest BCUT2D eigenvalue weighted by Crippen LogP contribution is -2.37. The van der Waals surface area contributed by atoms with Gasteiger partial charge in [0.2, 0.25) is 5.95 Å². The van der Waals surface area contributed by atoms with E-state index in [0.29, 0.717) is 0 Å². The predicted molar refractivity (Wildman–Crippen MR) is 69.9 cm³/mol. The molecule has 7 heteroatoms. The van der Waals surface area contributed by atoms with Gasteiger partial charge in [0.1, 0.15) is 16.7 Å². The first-order chi connectivity index (χ1) is 8.84. The van der Waals surface area contributed by atoms with Crippen LogP contribution in [-0.2, 0) is 4.74 Å². The number of aromatic nitrogens is 4. The molecule has 18 heavy (non-hydrogen) atoms. The fraction of sp³-hybridized carbons (Fsp3) is 0.364. The highest BCUT2D eigenvalue weighted by molar-refractivity contribution is 9.10. The maximum Gasteiger partial charge on any atom is 0.227 e. The van der Waals surface area contributed by atoms with Gasteiger partial charge in [0.05, 0.1) is 19.4 Å². The number of halogens is 1. The molecule has 0 aromatic carbocycles. The van der Waals surface area contributed by atoms with Gasteiger partial charge in [-0.1, -0.05) is 0 Å². The number of ether oxygens (including phenoxy) is 1. The lowest BCUT2D eigenvalue weighted by atomic mass is 10.4. The Labute approximate surface area is 113 Å². The van der Waals surface area contributed by atoms with Gasteiger partial charge < -0.3 is 9.64 Å². The Bertz CT molecular complexity index is 538. The molecule has 0 spiro atoms. The number of rotatable bonds is 2. The van der Waals surface area contributed by atoms with E-state index in [4.69, 9.17) is 4.74 Å². The average Bonchev–Trinajstić information content (AvgIpc) is 2.86. The summed E-state index contributed by atoms with van der Waals surface area (Å²) < 4.78 is 8.06. The zero-order chi connectivity index (χ0) is 12.4. The second-order valence-corrected chi connectivity index (χ2v) is 4.71. The summed E-state index contributed by atoms with van der Waals surface area (Å²) in [4.78, 5) is 15.0. The number of morpholine rings is 1. The van der Waals surface area contributed by atoms with Crippen molar-refractivity contribution in [1.29, 1.82) is 0 Å². The monoisotopic (exact) mass is 309 g/mol. The predicted octanol–water partition coefficient (Wildman–Crippen LogP) is 1.26. The van der Waals surface area contributed by atoms with Crippen LogP contribution in [0.5, 0.6) is 0 Å². The third-order valence-corrected chi connectivity index (χ3v) is 3.35. The highest BCUT2D eigenvalue weighted by atomic mass is 79.9. The molecule has 0 amide bonds. The minimum absolute atomic E-state index is 0.725. The van der Waals surface area contributed by atoms with Gasteiger partial charge in [-0.15, -0.1) is 0 Å². The number of hydrogen-bond donors (Lipinski definition) is 0. The molecule has 2 aromatic heterocycles. The summed E-state index contributed by atoms with van der Waals surface area (Å²) in [6, 6.07) is 1.86. The van der Waals surface area contributed by atoms with Gasteiger partial charge in [0, 0.05) is 19.3 Å². The summed E-state index contributed by atoms with van der Waals surface area (Å²) in [6.45, 7) is 3.10. The molecule has 0 atom stereocenters. The van der Waals surface area contributed by atoms with Crippen molar-refractivity contribution in [2.45, 2.75) is 0 Å². The normalized spacial score (nSPS) is 15.9. The fourth-order valence-corrected chi connectivity index (χ4v) is 2.23. The molecular weight excluding hydrogens is 298 g/mol. The Kier molecular flexibility index (Phi) is 3.24. The lowest BCUT2D eigenvalue weighted by Gasteiger charge is -2.26. The summed E-state index contributed by atoms with van der Waals surface area (Å²) in [6.07, 6.45) is 5.21. The maximum absolute atomic E-state index is 5.32. The van der Waals surface area contributed by atoms with Crippen LogP contribution in [0.25, 0.3) is 5.82 Å². The van der Waals surface area contributed by atoms with Crippen molar-refractivity contribution in [3.8, 4) is 5.82 Å². The highest BCUT2D eigenvalue weighted by Gasteiger charge is 2.14. The van der Waals surface area contributed by atoms with Gasteiger partial charge in [-0.25, -0.2) is 9.97 Å². The highest BCUT2D eigenvalue weighted by Crippen LogP contribution is 2.16. The molecule has 0 bridgehead atoms. The zero-order valence-electron chi connectivity index (χ0n) is 9.66. The van der Waals surface area contributed by atoms with Crippen molar-refractivity contribution >= 4 is 21.9 Å². The van der Waals surface area contributed by atoms with Gasteiger partial charge in [0.15, 0.2) is 0 Å². The topological polar surface area (TPSA) is 56.1 Å². The van der Waals surface area contributed by atoms with Crippen LogP contribution in [0.4, 0.5) is 5.95 Å². The second kappa shape index (κ2) is 5.03. The number of imidazole rings is 1. The molecule has 0 saturated carbocycles. The molecule has 1 fully saturated rings. The van der Waals surface area contributed by atoms with Gasteiger partial charge in [-0.2, -0.15) is 4.98 Å². The summed E-state index contributed by atoms with van der Waals surface area (Å²) in [5, 5.41) is 0. The molecule has 0 unspecified atom stereocenters. The Morgan fingerprint density at radius 1 is 1.28 bits per heavy atom. The standard InChI is InChI=1S/C11H12BrN5O/c12-9-7-13-8-17(9)10-1-2-14-11(15-10)16-3-5-18-6-4-16/h1-2,7-8H,3-6H2. The third kappa shape index (κ3) is 2.23. The molecule has 2 aromatic rings. The summed E-state index contributed by atoms with van der Waals surface area (Å²) in [7, 11) is 0. The van der Waals surface area contributed by atoms with Gasteiger partial charge in [0.25, 0.3) is 0 Å². The van der Waals surface area contributed by atoms with E-state index >= 15 is 0 Å². The Morgan fingerprint density at radius 2 is 2.11 bits per heavy atom. The van der Waals surface area contributed by atoms with Crippen LogP contribution in [0.1, 0.15) is 0 Å². The number of nitrogens with zero attached hydrogens (tertiary/aromatic N) is 5. The summed E-state index contributed by atoms with van der Waals surface area (Å²) >= 11 is 3.43. The van der Waals surface area contributed by atoms with E-state index in [-0.39, 0.29) is 0 Å². The molecule has 6 nitrogen and oxygen atoms in total. The van der Waals surface area contributed by atoms with Gasteiger partial charge in [-0.05, 0) is 22.0 Å². The van der Waals surface area contributed by atoms with Gasteiger partial charge >= 0.3 is 0 Å². The molecule has 0 radical (unpaired) electrons. The van der Waals surface area contributed by atoms with E-state index in [9.17, 15) is 0 Å². The molecule has 0 aliphatic carbocycles. The molecule has 1 saturated heterocycles. The van der Waals surface area contributed by atoms with Crippen molar-refractivity contribution in [2.75, 3.05) is 31.2 Å². The van der Waals surface area contributed by atoms with Crippen molar-refractivity contribution in [3.05, 3.63) is 29.4 Å². The van der Waals surface area contributed by atoms with Crippen LogP contribution in [0.3, 0.4) is 0 Å². The quantitative estimate of drug-likeness (QED) is 0.836. The van der Waals surface area contributed by atoms with Crippen LogP contribution >= 0.6 is 15.9 Å². The second-order valence-electron chi connectivity index (χ2n) is 3.90. The van der Waals surface area contributed by atoms with Crippen LogP contribution in [0.15, 0.2) is 29.4 Å².